The molecule has 100 valence electrons. The van der Waals surface area contributed by atoms with Gasteiger partial charge in [0.15, 0.2) is 0 Å². The summed E-state index contributed by atoms with van der Waals surface area (Å²) in [4.78, 5) is 2.16. The fourth-order valence-corrected chi connectivity index (χ4v) is 2.58. The Hall–Kier alpha value is -1.55. The summed E-state index contributed by atoms with van der Waals surface area (Å²) in [7, 11) is 0. The van der Waals surface area contributed by atoms with E-state index in [4.69, 9.17) is 16.0 Å². The number of hydrogen-bond acceptors (Lipinski definition) is 4. The first kappa shape index (κ1) is 12.5. The van der Waals surface area contributed by atoms with Crippen molar-refractivity contribution in [1.29, 1.82) is 0 Å². The van der Waals surface area contributed by atoms with Crippen molar-refractivity contribution in [2.24, 2.45) is 0 Å². The second kappa shape index (κ2) is 5.61. The van der Waals surface area contributed by atoms with E-state index in [2.05, 4.69) is 39.4 Å². The van der Waals surface area contributed by atoms with Crippen molar-refractivity contribution < 1.29 is 4.42 Å². The molecule has 0 aliphatic carbocycles. The Morgan fingerprint density at radius 2 is 1.79 bits per heavy atom. The summed E-state index contributed by atoms with van der Waals surface area (Å²) in [5, 5.41) is 8.13. The number of benzene rings is 1. The maximum absolute atomic E-state index is 5.68. The summed E-state index contributed by atoms with van der Waals surface area (Å²) in [6, 6.07) is 9.21. The van der Waals surface area contributed by atoms with Crippen LogP contribution in [0.25, 0.3) is 0 Å². The van der Waals surface area contributed by atoms with Crippen LogP contribution in [0.3, 0.4) is 0 Å². The van der Waals surface area contributed by atoms with Gasteiger partial charge in [0.05, 0.1) is 0 Å². The molecule has 0 amide bonds. The molecule has 5 heteroatoms. The van der Waals surface area contributed by atoms with Crippen molar-refractivity contribution in [2.45, 2.75) is 19.3 Å². The summed E-state index contributed by atoms with van der Waals surface area (Å²) >= 11 is 5.68. The van der Waals surface area contributed by atoms with Crippen LogP contribution in [-0.2, 0) is 19.3 Å². The van der Waals surface area contributed by atoms with Gasteiger partial charge in [-0.3, -0.25) is 0 Å². The van der Waals surface area contributed by atoms with Gasteiger partial charge in [-0.1, -0.05) is 29.4 Å². The molecule has 0 fully saturated rings. The van der Waals surface area contributed by atoms with Crippen LogP contribution in [0.2, 0.25) is 0 Å². The maximum Gasteiger partial charge on any atom is 0.318 e. The smallest absolute Gasteiger partial charge is 0.318 e. The lowest BCUT2D eigenvalue weighted by molar-refractivity contribution is 0.489. The van der Waals surface area contributed by atoms with Gasteiger partial charge in [0.25, 0.3) is 0 Å². The predicted molar refractivity (Wildman–Crippen MR) is 74.8 cm³/mol. The number of alkyl halides is 1. The highest BCUT2D eigenvalue weighted by Crippen LogP contribution is 2.20. The molecule has 0 bridgehead atoms. The zero-order valence-corrected chi connectivity index (χ0v) is 11.4. The van der Waals surface area contributed by atoms with Gasteiger partial charge in [-0.15, -0.1) is 16.7 Å². The molecule has 3 rings (SSSR count). The van der Waals surface area contributed by atoms with Crippen LogP contribution in [0, 0.1) is 0 Å². The van der Waals surface area contributed by atoms with Crippen molar-refractivity contribution in [1.82, 2.24) is 10.2 Å². The molecule has 4 nitrogen and oxygen atoms in total. The topological polar surface area (TPSA) is 42.2 Å². The molecule has 0 saturated carbocycles. The molecule has 1 aromatic carbocycles. The minimum Gasteiger partial charge on any atom is -0.408 e. The second-order valence-electron chi connectivity index (χ2n) is 4.67. The number of aryl methyl sites for hydroxylation is 1. The summed E-state index contributed by atoms with van der Waals surface area (Å²) in [6.45, 7) is 1.83. The van der Waals surface area contributed by atoms with Gasteiger partial charge >= 0.3 is 6.01 Å². The van der Waals surface area contributed by atoms with E-state index in [1.165, 1.54) is 11.1 Å². The minimum atomic E-state index is 0.507. The van der Waals surface area contributed by atoms with Gasteiger partial charge in [-0.25, -0.2) is 0 Å². The Morgan fingerprint density at radius 1 is 1.11 bits per heavy atom. The molecule has 0 spiro atoms. The quantitative estimate of drug-likeness (QED) is 0.808. The fourth-order valence-electron chi connectivity index (χ4n) is 2.41. The van der Waals surface area contributed by atoms with Gasteiger partial charge in [0.1, 0.15) is 0 Å². The fraction of sp³-hybridized carbons (Fsp3) is 0.429. The molecule has 2 aromatic rings. The molecule has 0 unspecified atom stereocenters. The van der Waals surface area contributed by atoms with E-state index in [1.54, 1.807) is 0 Å². The molecule has 0 saturated heterocycles. The third-order valence-electron chi connectivity index (χ3n) is 3.46. The largest absolute Gasteiger partial charge is 0.408 e. The second-order valence-corrected chi connectivity index (χ2v) is 5.05. The van der Waals surface area contributed by atoms with Crippen LogP contribution < -0.4 is 4.90 Å². The Kier molecular flexibility index (Phi) is 3.69. The van der Waals surface area contributed by atoms with Gasteiger partial charge in [0, 0.05) is 25.4 Å². The van der Waals surface area contributed by atoms with E-state index in [0.29, 0.717) is 24.2 Å². The van der Waals surface area contributed by atoms with Gasteiger partial charge in [-0.2, -0.15) is 0 Å². The summed E-state index contributed by atoms with van der Waals surface area (Å²) < 4.78 is 5.64. The van der Waals surface area contributed by atoms with Crippen LogP contribution in [0.15, 0.2) is 28.7 Å². The first-order chi connectivity index (χ1) is 9.36. The lowest BCUT2D eigenvalue weighted by Crippen LogP contribution is -2.26. The van der Waals surface area contributed by atoms with Crippen LogP contribution >= 0.6 is 11.6 Å². The molecule has 0 radical (unpaired) electrons. The summed E-state index contributed by atoms with van der Waals surface area (Å²) in [5.41, 5.74) is 2.84. The molecule has 0 atom stereocenters. The molecular weight excluding hydrogens is 262 g/mol. The molecule has 1 aliphatic heterocycles. The molecule has 0 N–H and O–H groups in total. The Balaban J connectivity index is 1.74. The molecule has 19 heavy (non-hydrogen) atoms. The van der Waals surface area contributed by atoms with E-state index >= 15 is 0 Å². The lowest BCUT2D eigenvalue weighted by Gasteiger charge is -2.16. The first-order valence-electron chi connectivity index (χ1n) is 6.57. The molecule has 1 aliphatic rings. The van der Waals surface area contributed by atoms with Crippen molar-refractivity contribution in [3.8, 4) is 0 Å². The van der Waals surface area contributed by atoms with E-state index in [1.807, 2.05) is 0 Å². The molecular formula is C14H16ClN3O. The Bertz CT molecular complexity index is 528. The van der Waals surface area contributed by atoms with E-state index in [-0.39, 0.29) is 0 Å². The monoisotopic (exact) mass is 277 g/mol. The third kappa shape index (κ3) is 2.73. The van der Waals surface area contributed by atoms with Crippen LogP contribution in [-0.4, -0.2) is 29.2 Å². The summed E-state index contributed by atoms with van der Waals surface area (Å²) in [5.74, 6) is 1.12. The number of fused-ring (bicyclic) bond motifs is 1. The van der Waals surface area contributed by atoms with Crippen LogP contribution in [0.1, 0.15) is 17.0 Å². The summed E-state index contributed by atoms with van der Waals surface area (Å²) in [6.07, 6.45) is 2.66. The van der Waals surface area contributed by atoms with E-state index in [9.17, 15) is 0 Å². The maximum atomic E-state index is 5.68. The Morgan fingerprint density at radius 3 is 2.42 bits per heavy atom. The van der Waals surface area contributed by atoms with E-state index < -0.39 is 0 Å². The first-order valence-corrected chi connectivity index (χ1v) is 7.10. The molecule has 1 aromatic heterocycles. The lowest BCUT2D eigenvalue weighted by atomic mass is 10.0. The number of rotatable bonds is 3. The number of aromatic nitrogens is 2. The predicted octanol–water partition coefficient (Wildman–Crippen LogP) is 2.46. The number of nitrogens with zero attached hydrogens (tertiary/aromatic N) is 3. The molecule has 2 heterocycles. The third-order valence-corrected chi connectivity index (χ3v) is 3.64. The average Bonchev–Trinajstić information content (AvgIpc) is 2.79. The highest BCUT2D eigenvalue weighted by Gasteiger charge is 2.18. The van der Waals surface area contributed by atoms with Crippen molar-refractivity contribution >= 4 is 17.6 Å². The number of anilines is 1. The average molecular weight is 278 g/mol. The van der Waals surface area contributed by atoms with E-state index in [0.717, 1.165) is 25.9 Å². The highest BCUT2D eigenvalue weighted by molar-refractivity contribution is 6.17. The van der Waals surface area contributed by atoms with Crippen LogP contribution in [0.5, 0.6) is 0 Å². The standard InChI is InChI=1S/C14H16ClN3O/c15-8-5-13-16-17-14(19-13)18-9-6-11-3-1-2-4-12(11)7-10-18/h1-4H,5-10H2. The number of hydrogen-bond donors (Lipinski definition) is 0. The SMILES string of the molecule is ClCCc1nnc(N2CCc3ccccc3CC2)o1. The zero-order valence-electron chi connectivity index (χ0n) is 10.7. The zero-order chi connectivity index (χ0) is 13.1. The Labute approximate surface area is 117 Å². The van der Waals surface area contributed by atoms with Gasteiger partial charge < -0.3 is 9.32 Å². The highest BCUT2D eigenvalue weighted by atomic mass is 35.5. The van der Waals surface area contributed by atoms with Crippen molar-refractivity contribution in [2.75, 3.05) is 23.9 Å². The van der Waals surface area contributed by atoms with Crippen molar-refractivity contribution in [3.05, 3.63) is 41.3 Å². The minimum absolute atomic E-state index is 0.507. The number of halogens is 1. The van der Waals surface area contributed by atoms with Crippen molar-refractivity contribution in [3.63, 3.8) is 0 Å². The van der Waals surface area contributed by atoms with Crippen LogP contribution in [0.4, 0.5) is 6.01 Å². The normalized spacial score (nSPS) is 15.1. The van der Waals surface area contributed by atoms with Gasteiger partial charge in [-0.05, 0) is 24.0 Å². The van der Waals surface area contributed by atoms with Gasteiger partial charge in [0.2, 0.25) is 5.89 Å².